The van der Waals surface area contributed by atoms with Gasteiger partial charge in [0.1, 0.15) is 0 Å². The first-order chi connectivity index (χ1) is 8.84. The van der Waals surface area contributed by atoms with Gasteiger partial charge in [-0.05, 0) is 24.3 Å². The highest BCUT2D eigenvalue weighted by molar-refractivity contribution is 7.99. The number of nitrogen functional groups attached to an aromatic ring is 1. The average Bonchev–Trinajstić information content (AvgIpc) is 2.41. The number of para-hydroxylation sites is 1. The summed E-state index contributed by atoms with van der Waals surface area (Å²) in [5.41, 5.74) is 7.55. The zero-order valence-corrected chi connectivity index (χ0v) is 10.5. The van der Waals surface area contributed by atoms with Crippen molar-refractivity contribution in [1.29, 1.82) is 0 Å². The fourth-order valence-electron chi connectivity index (χ4n) is 1.88. The minimum Gasteiger partial charge on any atom is -0.397 e. The van der Waals surface area contributed by atoms with Gasteiger partial charge >= 0.3 is 0 Å². The van der Waals surface area contributed by atoms with Crippen molar-refractivity contribution in [3.63, 3.8) is 0 Å². The van der Waals surface area contributed by atoms with Crippen molar-refractivity contribution >= 4 is 28.4 Å². The van der Waals surface area contributed by atoms with Crippen molar-refractivity contribution < 1.29 is 0 Å². The summed E-state index contributed by atoms with van der Waals surface area (Å²) in [6.07, 6.45) is 1.81. The Labute approximate surface area is 110 Å². The second-order valence-electron chi connectivity index (χ2n) is 3.97. The molecular weight excluding hydrogens is 240 g/mol. The van der Waals surface area contributed by atoms with Crippen molar-refractivity contribution in [3.05, 3.63) is 60.8 Å². The second-order valence-corrected chi connectivity index (χ2v) is 5.08. The molecule has 2 N–H and O–H groups in total. The van der Waals surface area contributed by atoms with Gasteiger partial charge in [-0.1, -0.05) is 42.1 Å². The first-order valence-electron chi connectivity index (χ1n) is 5.71. The smallest absolute Gasteiger partial charge is 0.0942 e. The lowest BCUT2D eigenvalue weighted by Crippen LogP contribution is -1.90. The number of anilines is 1. The van der Waals surface area contributed by atoms with Crippen molar-refractivity contribution in [3.8, 4) is 0 Å². The molecular formula is C15H12N2S. The quantitative estimate of drug-likeness (QED) is 0.701. The summed E-state index contributed by atoms with van der Waals surface area (Å²) in [7, 11) is 0. The van der Waals surface area contributed by atoms with Gasteiger partial charge in [-0.15, -0.1) is 0 Å². The normalized spacial score (nSPS) is 10.7. The van der Waals surface area contributed by atoms with Crippen molar-refractivity contribution in [2.75, 3.05) is 5.73 Å². The number of rotatable bonds is 2. The molecule has 1 heterocycles. The van der Waals surface area contributed by atoms with E-state index in [-0.39, 0.29) is 0 Å². The van der Waals surface area contributed by atoms with Gasteiger partial charge in [0.2, 0.25) is 0 Å². The number of benzene rings is 2. The Morgan fingerprint density at radius 2 is 1.72 bits per heavy atom. The molecule has 88 valence electrons. The predicted molar refractivity (Wildman–Crippen MR) is 76.7 cm³/mol. The minimum absolute atomic E-state index is 0.725. The molecule has 0 bridgehead atoms. The molecule has 0 unspecified atom stereocenters. The number of aromatic nitrogens is 1. The molecule has 3 rings (SSSR count). The Kier molecular flexibility index (Phi) is 2.90. The maximum absolute atomic E-state index is 5.95. The zero-order chi connectivity index (χ0) is 12.4. The van der Waals surface area contributed by atoms with E-state index in [2.05, 4.69) is 23.2 Å². The highest BCUT2D eigenvalue weighted by atomic mass is 32.2. The van der Waals surface area contributed by atoms with Crippen LogP contribution >= 0.6 is 11.8 Å². The lowest BCUT2D eigenvalue weighted by Gasteiger charge is -2.07. The van der Waals surface area contributed by atoms with E-state index in [4.69, 9.17) is 5.73 Å². The molecule has 0 aliphatic rings. The number of nitrogens with two attached hydrogens (primary N) is 1. The maximum atomic E-state index is 5.95. The van der Waals surface area contributed by atoms with Crippen molar-refractivity contribution in [2.45, 2.75) is 9.79 Å². The molecule has 2 aromatic carbocycles. The molecule has 3 heteroatoms. The summed E-state index contributed by atoms with van der Waals surface area (Å²) >= 11 is 1.73. The molecule has 0 saturated carbocycles. The average molecular weight is 252 g/mol. The van der Waals surface area contributed by atoms with Gasteiger partial charge in [0.15, 0.2) is 0 Å². The predicted octanol–water partition coefficient (Wildman–Crippen LogP) is 3.97. The van der Waals surface area contributed by atoms with E-state index < -0.39 is 0 Å². The van der Waals surface area contributed by atoms with Crippen molar-refractivity contribution in [2.24, 2.45) is 0 Å². The van der Waals surface area contributed by atoms with E-state index in [1.807, 2.05) is 42.6 Å². The van der Waals surface area contributed by atoms with Crippen molar-refractivity contribution in [1.82, 2.24) is 4.98 Å². The molecule has 0 amide bonds. The van der Waals surface area contributed by atoms with Crippen LogP contribution < -0.4 is 5.73 Å². The molecule has 1 aromatic heterocycles. The third-order valence-electron chi connectivity index (χ3n) is 2.73. The summed E-state index contributed by atoms with van der Waals surface area (Å²) in [6, 6.07) is 18.2. The van der Waals surface area contributed by atoms with Crippen LogP contribution in [0.15, 0.2) is 70.6 Å². The van der Waals surface area contributed by atoms with E-state index in [9.17, 15) is 0 Å². The first kappa shape index (κ1) is 11.1. The molecule has 18 heavy (non-hydrogen) atoms. The Morgan fingerprint density at radius 3 is 2.56 bits per heavy atom. The monoisotopic (exact) mass is 252 g/mol. The zero-order valence-electron chi connectivity index (χ0n) is 9.71. The van der Waals surface area contributed by atoms with Crippen LogP contribution in [-0.2, 0) is 0 Å². The van der Waals surface area contributed by atoms with Gasteiger partial charge in [0.05, 0.1) is 11.2 Å². The van der Waals surface area contributed by atoms with Crippen LogP contribution in [0.1, 0.15) is 0 Å². The van der Waals surface area contributed by atoms with E-state index in [1.54, 1.807) is 11.8 Å². The minimum atomic E-state index is 0.725. The van der Waals surface area contributed by atoms with Gasteiger partial charge in [0.25, 0.3) is 0 Å². The molecule has 3 aromatic rings. The fourth-order valence-corrected chi connectivity index (χ4v) is 2.83. The molecule has 2 nitrogen and oxygen atoms in total. The fraction of sp³-hybridized carbons (Fsp3) is 0. The Morgan fingerprint density at radius 1 is 0.889 bits per heavy atom. The number of nitrogens with zero attached hydrogens (tertiary/aromatic N) is 1. The third-order valence-corrected chi connectivity index (χ3v) is 3.82. The molecule has 0 aliphatic carbocycles. The first-order valence-corrected chi connectivity index (χ1v) is 6.52. The molecule has 0 fully saturated rings. The highest BCUT2D eigenvalue weighted by Gasteiger charge is 2.05. The molecule has 0 aliphatic heterocycles. The van der Waals surface area contributed by atoms with Crippen LogP contribution in [0.4, 0.5) is 5.69 Å². The summed E-state index contributed by atoms with van der Waals surface area (Å²) < 4.78 is 0. The standard InChI is InChI=1S/C15H12N2S/c16-13-8-4-7-12-14(9-10-17-15(12)13)18-11-5-2-1-3-6-11/h1-10H,16H2. The van der Waals surface area contributed by atoms with E-state index in [0.29, 0.717) is 0 Å². The largest absolute Gasteiger partial charge is 0.397 e. The Balaban J connectivity index is 2.10. The summed E-state index contributed by atoms with van der Waals surface area (Å²) in [5.74, 6) is 0. The summed E-state index contributed by atoms with van der Waals surface area (Å²) in [5, 5.41) is 1.10. The van der Waals surface area contributed by atoms with Gasteiger partial charge in [-0.3, -0.25) is 4.98 Å². The van der Waals surface area contributed by atoms with Crippen LogP contribution in [0.25, 0.3) is 10.9 Å². The Hall–Kier alpha value is -2.00. The van der Waals surface area contributed by atoms with Gasteiger partial charge < -0.3 is 5.73 Å². The van der Waals surface area contributed by atoms with Crippen LogP contribution in [0, 0.1) is 0 Å². The number of hydrogen-bond donors (Lipinski definition) is 1. The van der Waals surface area contributed by atoms with Crippen LogP contribution in [0.3, 0.4) is 0 Å². The molecule has 0 saturated heterocycles. The van der Waals surface area contributed by atoms with E-state index >= 15 is 0 Å². The SMILES string of the molecule is Nc1cccc2c(Sc3ccccc3)ccnc12. The maximum Gasteiger partial charge on any atom is 0.0942 e. The molecule has 0 radical (unpaired) electrons. The van der Waals surface area contributed by atoms with Crippen LogP contribution in [0.2, 0.25) is 0 Å². The second kappa shape index (κ2) is 4.70. The third kappa shape index (κ3) is 2.05. The van der Waals surface area contributed by atoms with Gasteiger partial charge in [-0.2, -0.15) is 0 Å². The van der Waals surface area contributed by atoms with E-state index in [0.717, 1.165) is 16.6 Å². The molecule has 0 atom stereocenters. The molecule has 0 spiro atoms. The van der Waals surface area contributed by atoms with Gasteiger partial charge in [-0.25, -0.2) is 0 Å². The number of hydrogen-bond acceptors (Lipinski definition) is 3. The number of fused-ring (bicyclic) bond motifs is 1. The van der Waals surface area contributed by atoms with Crippen LogP contribution in [-0.4, -0.2) is 4.98 Å². The summed E-state index contributed by atoms with van der Waals surface area (Å²) in [6.45, 7) is 0. The summed E-state index contributed by atoms with van der Waals surface area (Å²) in [4.78, 5) is 6.74. The lowest BCUT2D eigenvalue weighted by molar-refractivity contribution is 1.35. The Bertz CT molecular complexity index is 680. The van der Waals surface area contributed by atoms with Crippen LogP contribution in [0.5, 0.6) is 0 Å². The van der Waals surface area contributed by atoms with E-state index in [1.165, 1.54) is 9.79 Å². The highest BCUT2D eigenvalue weighted by Crippen LogP contribution is 2.33. The lowest BCUT2D eigenvalue weighted by atomic mass is 10.2. The topological polar surface area (TPSA) is 38.9 Å². The van der Waals surface area contributed by atoms with Gasteiger partial charge in [0, 0.05) is 21.4 Å². The number of pyridine rings is 1.